The fraction of sp³-hybridized carbons (Fsp3) is 0.292. The molecule has 7 nitrogen and oxygen atoms in total. The summed E-state index contributed by atoms with van der Waals surface area (Å²) >= 11 is 0. The van der Waals surface area contributed by atoms with E-state index in [1.165, 1.54) is 6.92 Å². The van der Waals surface area contributed by atoms with Gasteiger partial charge in [-0.25, -0.2) is 4.98 Å². The molecule has 2 unspecified atom stereocenters. The van der Waals surface area contributed by atoms with Crippen molar-refractivity contribution in [2.24, 2.45) is 7.05 Å². The maximum Gasteiger partial charge on any atom is 0.223 e. The van der Waals surface area contributed by atoms with Crippen LogP contribution in [0.5, 0.6) is 5.75 Å². The molecule has 0 fully saturated rings. The number of benzene rings is 2. The Bertz CT molecular complexity index is 1030. The van der Waals surface area contributed by atoms with Crippen molar-refractivity contribution in [2.75, 3.05) is 7.11 Å². The number of nitrogens with zero attached hydrogens (tertiary/aromatic N) is 2. The third kappa shape index (κ3) is 5.72. The van der Waals surface area contributed by atoms with Crippen molar-refractivity contribution >= 4 is 11.8 Å². The lowest BCUT2D eigenvalue weighted by molar-refractivity contribution is -0.123. The lowest BCUT2D eigenvalue weighted by Crippen LogP contribution is -2.35. The molecular weight excluding hydrogens is 392 g/mol. The Morgan fingerprint density at radius 2 is 1.68 bits per heavy atom. The van der Waals surface area contributed by atoms with Gasteiger partial charge in [-0.1, -0.05) is 42.0 Å². The van der Waals surface area contributed by atoms with Gasteiger partial charge in [0.15, 0.2) is 0 Å². The number of rotatable bonds is 8. The molecular formula is C24H28N4O3. The van der Waals surface area contributed by atoms with Crippen LogP contribution in [0.4, 0.5) is 0 Å². The summed E-state index contributed by atoms with van der Waals surface area (Å²) in [5.74, 6) is 1.07. The second-order valence-corrected chi connectivity index (χ2v) is 7.54. The zero-order chi connectivity index (χ0) is 22.4. The van der Waals surface area contributed by atoms with Gasteiger partial charge in [0.2, 0.25) is 11.8 Å². The van der Waals surface area contributed by atoms with E-state index in [1.54, 1.807) is 13.3 Å². The summed E-state index contributed by atoms with van der Waals surface area (Å²) in [5.41, 5.74) is 2.88. The summed E-state index contributed by atoms with van der Waals surface area (Å²) in [6.07, 6.45) is 3.65. The molecule has 1 aromatic heterocycles. The lowest BCUT2D eigenvalue weighted by Gasteiger charge is -2.22. The molecule has 2 amide bonds. The molecule has 1 heterocycles. The van der Waals surface area contributed by atoms with Gasteiger partial charge >= 0.3 is 0 Å². The van der Waals surface area contributed by atoms with E-state index in [4.69, 9.17) is 4.74 Å². The predicted molar refractivity (Wildman–Crippen MR) is 119 cm³/mol. The molecule has 7 heteroatoms. The minimum atomic E-state index is -0.436. The second kappa shape index (κ2) is 9.93. The molecule has 162 valence electrons. The van der Waals surface area contributed by atoms with E-state index in [0.717, 1.165) is 22.4 Å². The van der Waals surface area contributed by atoms with Crippen molar-refractivity contribution < 1.29 is 14.3 Å². The highest BCUT2D eigenvalue weighted by molar-refractivity contribution is 5.79. The maximum absolute atomic E-state index is 13.1. The quantitative estimate of drug-likeness (QED) is 0.586. The third-order valence-corrected chi connectivity index (χ3v) is 5.12. The highest BCUT2D eigenvalue weighted by atomic mass is 16.5. The van der Waals surface area contributed by atoms with Gasteiger partial charge in [0.1, 0.15) is 17.6 Å². The normalized spacial score (nSPS) is 12.6. The fourth-order valence-corrected chi connectivity index (χ4v) is 3.45. The first-order chi connectivity index (χ1) is 14.9. The number of nitrogens with one attached hydrogen (secondary N) is 2. The second-order valence-electron chi connectivity index (χ2n) is 7.54. The Morgan fingerprint density at radius 3 is 2.23 bits per heavy atom. The number of methoxy groups -OCH3 is 1. The molecule has 0 saturated heterocycles. The van der Waals surface area contributed by atoms with Crippen molar-refractivity contribution in [2.45, 2.75) is 32.4 Å². The molecule has 3 aromatic rings. The van der Waals surface area contributed by atoms with Crippen molar-refractivity contribution in [3.8, 4) is 5.75 Å². The van der Waals surface area contributed by atoms with E-state index < -0.39 is 12.1 Å². The van der Waals surface area contributed by atoms with Crippen LogP contribution < -0.4 is 15.4 Å². The van der Waals surface area contributed by atoms with Gasteiger partial charge in [-0.2, -0.15) is 0 Å². The molecule has 2 atom stereocenters. The molecule has 0 aliphatic carbocycles. The van der Waals surface area contributed by atoms with Gasteiger partial charge in [-0.05, 0) is 30.2 Å². The van der Waals surface area contributed by atoms with E-state index in [9.17, 15) is 9.59 Å². The average Bonchev–Trinajstić information content (AvgIpc) is 3.17. The first-order valence-corrected chi connectivity index (χ1v) is 10.1. The van der Waals surface area contributed by atoms with Gasteiger partial charge in [-0.15, -0.1) is 0 Å². The molecule has 0 aliphatic rings. The number of aryl methyl sites for hydroxylation is 2. The van der Waals surface area contributed by atoms with E-state index in [0.29, 0.717) is 5.82 Å². The number of carbonyl (C=O) groups is 2. The molecule has 31 heavy (non-hydrogen) atoms. The first-order valence-electron chi connectivity index (χ1n) is 10.1. The highest BCUT2D eigenvalue weighted by Crippen LogP contribution is 2.24. The van der Waals surface area contributed by atoms with Crippen LogP contribution in [0.15, 0.2) is 60.9 Å². The lowest BCUT2D eigenvalue weighted by atomic mass is 10.0. The van der Waals surface area contributed by atoms with Gasteiger partial charge in [0, 0.05) is 26.4 Å². The summed E-state index contributed by atoms with van der Waals surface area (Å²) in [4.78, 5) is 29.2. The first kappa shape index (κ1) is 22.1. The number of ether oxygens (including phenoxy) is 1. The molecule has 0 bridgehead atoms. The fourth-order valence-electron chi connectivity index (χ4n) is 3.45. The molecule has 3 rings (SSSR count). The highest BCUT2D eigenvalue weighted by Gasteiger charge is 2.24. The van der Waals surface area contributed by atoms with E-state index in [-0.39, 0.29) is 18.2 Å². The standard InChI is InChI=1S/C24H28N4O3/c1-16-5-7-18(8-6-16)21(26-17(2)29)15-22(30)27-23(24-25-13-14-28(24)3)19-9-11-20(31-4)12-10-19/h5-14,21,23H,15H2,1-4H3,(H,26,29)(H,27,30). The smallest absolute Gasteiger partial charge is 0.223 e. The van der Waals surface area contributed by atoms with Crippen LogP contribution >= 0.6 is 0 Å². The van der Waals surface area contributed by atoms with Crippen LogP contribution in [0.3, 0.4) is 0 Å². The van der Waals surface area contributed by atoms with Crippen LogP contribution in [-0.4, -0.2) is 28.5 Å². The Labute approximate surface area is 182 Å². The topological polar surface area (TPSA) is 85.2 Å². The maximum atomic E-state index is 13.1. The number of imidazole rings is 1. The Hall–Kier alpha value is -3.61. The average molecular weight is 421 g/mol. The Balaban J connectivity index is 1.83. The van der Waals surface area contributed by atoms with Crippen LogP contribution in [0.1, 0.15) is 47.9 Å². The van der Waals surface area contributed by atoms with Gasteiger partial charge in [0.25, 0.3) is 0 Å². The molecule has 2 aromatic carbocycles. The summed E-state index contributed by atoms with van der Waals surface area (Å²) < 4.78 is 7.12. The monoisotopic (exact) mass is 420 g/mol. The van der Waals surface area contributed by atoms with Crippen molar-refractivity contribution in [3.05, 3.63) is 83.4 Å². The van der Waals surface area contributed by atoms with Crippen LogP contribution in [0, 0.1) is 6.92 Å². The van der Waals surface area contributed by atoms with Crippen LogP contribution in [-0.2, 0) is 16.6 Å². The molecule has 2 N–H and O–H groups in total. The summed E-state index contributed by atoms with van der Waals surface area (Å²) in [5, 5.41) is 5.97. The van der Waals surface area contributed by atoms with Gasteiger partial charge < -0.3 is 19.9 Å². The van der Waals surface area contributed by atoms with E-state index in [1.807, 2.05) is 73.3 Å². The molecule has 0 saturated carbocycles. The number of hydrogen-bond donors (Lipinski definition) is 2. The third-order valence-electron chi connectivity index (χ3n) is 5.12. The number of hydrogen-bond acceptors (Lipinski definition) is 4. The molecule has 0 radical (unpaired) electrons. The van der Waals surface area contributed by atoms with Crippen molar-refractivity contribution in [1.82, 2.24) is 20.2 Å². The summed E-state index contributed by atoms with van der Waals surface area (Å²) in [6, 6.07) is 14.5. The van der Waals surface area contributed by atoms with Crippen molar-refractivity contribution in [3.63, 3.8) is 0 Å². The Kier molecular flexibility index (Phi) is 7.07. The van der Waals surface area contributed by atoms with E-state index >= 15 is 0 Å². The van der Waals surface area contributed by atoms with E-state index in [2.05, 4.69) is 15.6 Å². The largest absolute Gasteiger partial charge is 0.497 e. The van der Waals surface area contributed by atoms with Gasteiger partial charge in [0.05, 0.1) is 19.6 Å². The van der Waals surface area contributed by atoms with Crippen LogP contribution in [0.25, 0.3) is 0 Å². The minimum Gasteiger partial charge on any atom is -0.497 e. The Morgan fingerprint density at radius 1 is 1.03 bits per heavy atom. The predicted octanol–water partition coefficient (Wildman–Crippen LogP) is 3.21. The van der Waals surface area contributed by atoms with Gasteiger partial charge in [-0.3, -0.25) is 9.59 Å². The number of amides is 2. The summed E-state index contributed by atoms with van der Waals surface area (Å²) in [6.45, 7) is 3.45. The zero-order valence-corrected chi connectivity index (χ0v) is 18.3. The minimum absolute atomic E-state index is 0.111. The number of carbonyl (C=O) groups excluding carboxylic acids is 2. The van der Waals surface area contributed by atoms with Crippen LogP contribution in [0.2, 0.25) is 0 Å². The molecule has 0 aliphatic heterocycles. The number of aromatic nitrogens is 2. The SMILES string of the molecule is COc1ccc(C(NC(=O)CC(NC(C)=O)c2ccc(C)cc2)c2nccn2C)cc1. The van der Waals surface area contributed by atoms with Crippen molar-refractivity contribution in [1.29, 1.82) is 0 Å². The summed E-state index contributed by atoms with van der Waals surface area (Å²) in [7, 11) is 3.50. The zero-order valence-electron chi connectivity index (χ0n) is 18.3. The molecule has 0 spiro atoms.